The number of rotatable bonds is 3. The average Bonchev–Trinajstić information content (AvgIpc) is 2.95. The molecule has 0 bridgehead atoms. The first kappa shape index (κ1) is 16.8. The number of benzene rings is 1. The predicted octanol–water partition coefficient (Wildman–Crippen LogP) is 2.84. The van der Waals surface area contributed by atoms with Gasteiger partial charge in [0.2, 0.25) is 11.8 Å². The minimum atomic E-state index is -0.234. The van der Waals surface area contributed by atoms with E-state index in [9.17, 15) is 9.59 Å². The summed E-state index contributed by atoms with van der Waals surface area (Å²) in [6, 6.07) is 7.49. The lowest BCUT2D eigenvalue weighted by Gasteiger charge is -2.27. The molecular weight excluding hydrogens is 304 g/mol. The molecule has 2 aliphatic heterocycles. The molecule has 2 saturated heterocycles. The molecule has 0 aromatic heterocycles. The number of likely N-dealkylation sites (tertiary alicyclic amines) is 1. The van der Waals surface area contributed by atoms with E-state index in [4.69, 9.17) is 4.74 Å². The largest absolute Gasteiger partial charge is 0.495 e. The Bertz CT molecular complexity index is 594. The monoisotopic (exact) mass is 330 g/mol. The first-order valence-corrected chi connectivity index (χ1v) is 8.93. The third-order valence-corrected chi connectivity index (χ3v) is 5.02. The maximum absolute atomic E-state index is 12.9. The predicted molar refractivity (Wildman–Crippen MR) is 93.1 cm³/mol. The highest BCUT2D eigenvalue weighted by atomic mass is 16.5. The Morgan fingerprint density at radius 3 is 2.46 bits per heavy atom. The van der Waals surface area contributed by atoms with E-state index in [0.29, 0.717) is 18.7 Å². The van der Waals surface area contributed by atoms with Crippen molar-refractivity contribution < 1.29 is 14.3 Å². The van der Waals surface area contributed by atoms with Crippen molar-refractivity contribution in [1.29, 1.82) is 0 Å². The molecule has 0 aliphatic carbocycles. The first-order valence-electron chi connectivity index (χ1n) is 8.93. The van der Waals surface area contributed by atoms with Crippen LogP contribution in [-0.2, 0) is 9.59 Å². The van der Waals surface area contributed by atoms with E-state index in [1.807, 2.05) is 29.2 Å². The second kappa shape index (κ2) is 7.69. The zero-order valence-corrected chi connectivity index (χ0v) is 14.4. The zero-order valence-electron chi connectivity index (χ0n) is 14.4. The molecule has 0 saturated carbocycles. The molecule has 2 heterocycles. The van der Waals surface area contributed by atoms with Crippen LogP contribution in [0.3, 0.4) is 0 Å². The van der Waals surface area contributed by atoms with Gasteiger partial charge in [0.25, 0.3) is 0 Å². The molecule has 1 aromatic rings. The minimum Gasteiger partial charge on any atom is -0.495 e. The molecule has 1 atom stereocenters. The van der Waals surface area contributed by atoms with Crippen LogP contribution in [0, 0.1) is 5.92 Å². The highest BCUT2D eigenvalue weighted by molar-refractivity contribution is 6.01. The number of ether oxygens (including phenoxy) is 1. The molecule has 3 rings (SSSR count). The average molecular weight is 330 g/mol. The zero-order chi connectivity index (χ0) is 16.9. The van der Waals surface area contributed by atoms with Crippen LogP contribution < -0.4 is 9.64 Å². The summed E-state index contributed by atoms with van der Waals surface area (Å²) in [5.41, 5.74) is 0.757. The van der Waals surface area contributed by atoms with Gasteiger partial charge >= 0.3 is 0 Å². The van der Waals surface area contributed by atoms with Gasteiger partial charge in [0.15, 0.2) is 0 Å². The smallest absolute Gasteiger partial charge is 0.228 e. The minimum absolute atomic E-state index is 0.00453. The lowest BCUT2D eigenvalue weighted by molar-refractivity contribution is -0.136. The van der Waals surface area contributed by atoms with Crippen molar-refractivity contribution in [3.8, 4) is 5.75 Å². The van der Waals surface area contributed by atoms with Gasteiger partial charge in [-0.2, -0.15) is 0 Å². The normalized spacial score (nSPS) is 22.2. The fourth-order valence-corrected chi connectivity index (χ4v) is 3.68. The maximum Gasteiger partial charge on any atom is 0.228 e. The summed E-state index contributed by atoms with van der Waals surface area (Å²) in [6.07, 6.45) is 6.10. The topological polar surface area (TPSA) is 49.9 Å². The van der Waals surface area contributed by atoms with Crippen molar-refractivity contribution in [2.24, 2.45) is 5.92 Å². The van der Waals surface area contributed by atoms with Crippen LogP contribution in [0.4, 0.5) is 5.69 Å². The maximum atomic E-state index is 12.9. The van der Waals surface area contributed by atoms with E-state index in [1.165, 1.54) is 19.3 Å². The highest BCUT2D eigenvalue weighted by Crippen LogP contribution is 2.33. The highest BCUT2D eigenvalue weighted by Gasteiger charge is 2.38. The van der Waals surface area contributed by atoms with E-state index in [2.05, 4.69) is 0 Å². The third-order valence-electron chi connectivity index (χ3n) is 5.02. The van der Waals surface area contributed by atoms with E-state index < -0.39 is 0 Å². The number of para-hydroxylation sites is 2. The third kappa shape index (κ3) is 3.55. The fourth-order valence-electron chi connectivity index (χ4n) is 3.68. The van der Waals surface area contributed by atoms with Crippen LogP contribution in [0.2, 0.25) is 0 Å². The SMILES string of the molecule is COc1ccccc1N1CC(C(=O)N2CCCCCCC2)CC1=O. The molecule has 24 heavy (non-hydrogen) atoms. The van der Waals surface area contributed by atoms with Crippen LogP contribution in [0.25, 0.3) is 0 Å². The van der Waals surface area contributed by atoms with Crippen molar-refractivity contribution in [3.63, 3.8) is 0 Å². The van der Waals surface area contributed by atoms with E-state index >= 15 is 0 Å². The van der Waals surface area contributed by atoms with Crippen molar-refractivity contribution in [2.45, 2.75) is 38.5 Å². The van der Waals surface area contributed by atoms with Crippen molar-refractivity contribution in [3.05, 3.63) is 24.3 Å². The van der Waals surface area contributed by atoms with Gasteiger partial charge in [-0.1, -0.05) is 31.4 Å². The Balaban J connectivity index is 1.70. The Morgan fingerprint density at radius 1 is 1.08 bits per heavy atom. The van der Waals surface area contributed by atoms with Crippen LogP contribution in [-0.4, -0.2) is 43.5 Å². The molecule has 130 valence electrons. The van der Waals surface area contributed by atoms with Crippen molar-refractivity contribution in [1.82, 2.24) is 4.90 Å². The Labute approximate surface area is 143 Å². The fraction of sp³-hybridized carbons (Fsp3) is 0.579. The Kier molecular flexibility index (Phi) is 5.38. The molecule has 2 aliphatic rings. The van der Waals surface area contributed by atoms with E-state index in [0.717, 1.165) is 31.6 Å². The molecule has 1 aromatic carbocycles. The molecule has 1 unspecified atom stereocenters. The Morgan fingerprint density at radius 2 is 1.75 bits per heavy atom. The van der Waals surface area contributed by atoms with Gasteiger partial charge in [-0.3, -0.25) is 9.59 Å². The second-order valence-corrected chi connectivity index (χ2v) is 6.67. The van der Waals surface area contributed by atoms with Gasteiger partial charge in [-0.15, -0.1) is 0 Å². The molecule has 2 amide bonds. The van der Waals surface area contributed by atoms with Gasteiger partial charge in [0.05, 0.1) is 18.7 Å². The molecular formula is C19H26N2O3. The van der Waals surface area contributed by atoms with Gasteiger partial charge in [0, 0.05) is 26.1 Å². The lowest BCUT2D eigenvalue weighted by Crippen LogP contribution is -2.39. The number of methoxy groups -OCH3 is 1. The molecule has 5 heteroatoms. The quantitative estimate of drug-likeness (QED) is 0.856. The number of anilines is 1. The summed E-state index contributed by atoms with van der Waals surface area (Å²) < 4.78 is 5.36. The summed E-state index contributed by atoms with van der Waals surface area (Å²) in [7, 11) is 1.60. The summed E-state index contributed by atoms with van der Waals surface area (Å²) in [5, 5.41) is 0. The molecule has 0 spiro atoms. The van der Waals surface area contributed by atoms with Crippen molar-refractivity contribution in [2.75, 3.05) is 31.6 Å². The standard InChI is InChI=1S/C19H26N2O3/c1-24-17-10-6-5-9-16(17)21-14-15(13-18(21)22)19(23)20-11-7-3-2-4-8-12-20/h5-6,9-10,15H,2-4,7-8,11-14H2,1H3. The lowest BCUT2D eigenvalue weighted by atomic mass is 10.0. The summed E-state index contributed by atoms with van der Waals surface area (Å²) >= 11 is 0. The molecule has 5 nitrogen and oxygen atoms in total. The first-order chi connectivity index (χ1) is 11.7. The summed E-state index contributed by atoms with van der Waals surface area (Å²) in [5.74, 6) is 0.583. The Hall–Kier alpha value is -2.04. The molecule has 0 N–H and O–H groups in total. The van der Waals surface area contributed by atoms with Crippen LogP contribution in [0.1, 0.15) is 38.5 Å². The van der Waals surface area contributed by atoms with Crippen LogP contribution in [0.5, 0.6) is 5.75 Å². The second-order valence-electron chi connectivity index (χ2n) is 6.67. The van der Waals surface area contributed by atoms with Gasteiger partial charge in [-0.05, 0) is 25.0 Å². The van der Waals surface area contributed by atoms with E-state index in [-0.39, 0.29) is 17.7 Å². The van der Waals surface area contributed by atoms with E-state index in [1.54, 1.807) is 12.0 Å². The van der Waals surface area contributed by atoms with Crippen LogP contribution >= 0.6 is 0 Å². The molecule has 2 fully saturated rings. The van der Waals surface area contributed by atoms with Gasteiger partial charge < -0.3 is 14.5 Å². The summed E-state index contributed by atoms with van der Waals surface area (Å²) in [4.78, 5) is 29.0. The summed E-state index contributed by atoms with van der Waals surface area (Å²) in [6.45, 7) is 2.12. The number of carbonyl (C=O) groups is 2. The van der Waals surface area contributed by atoms with Gasteiger partial charge in [-0.25, -0.2) is 0 Å². The molecule has 0 radical (unpaired) electrons. The number of carbonyl (C=O) groups excluding carboxylic acids is 2. The number of amides is 2. The van der Waals surface area contributed by atoms with Gasteiger partial charge in [0.1, 0.15) is 5.75 Å². The number of hydrogen-bond acceptors (Lipinski definition) is 3. The number of nitrogens with zero attached hydrogens (tertiary/aromatic N) is 2. The van der Waals surface area contributed by atoms with Crippen LogP contribution in [0.15, 0.2) is 24.3 Å². The number of hydrogen-bond donors (Lipinski definition) is 0. The van der Waals surface area contributed by atoms with Crippen molar-refractivity contribution >= 4 is 17.5 Å².